The first-order valence-electron chi connectivity index (χ1n) is 9.61. The molecule has 28 heavy (non-hydrogen) atoms. The molecule has 148 valence electrons. The second-order valence-electron chi connectivity index (χ2n) is 7.14. The van der Waals surface area contributed by atoms with Gasteiger partial charge < -0.3 is 14.7 Å². The van der Waals surface area contributed by atoms with Gasteiger partial charge in [0.2, 0.25) is 0 Å². The van der Waals surface area contributed by atoms with E-state index in [0.29, 0.717) is 6.42 Å². The highest BCUT2D eigenvalue weighted by Crippen LogP contribution is 2.33. The number of benzene rings is 2. The number of aliphatic hydroxyl groups is 1. The summed E-state index contributed by atoms with van der Waals surface area (Å²) in [6.45, 7) is 4.59. The van der Waals surface area contributed by atoms with E-state index in [4.69, 9.17) is 4.74 Å². The summed E-state index contributed by atoms with van der Waals surface area (Å²) in [7, 11) is 1.70. The molecule has 0 bridgehead atoms. The number of ether oxygens (including phenoxy) is 1. The molecule has 0 radical (unpaired) electrons. The maximum absolute atomic E-state index is 13.6. The molecule has 0 spiro atoms. The van der Waals surface area contributed by atoms with Crippen LogP contribution in [-0.4, -0.2) is 49.8 Å². The van der Waals surface area contributed by atoms with E-state index in [2.05, 4.69) is 15.9 Å². The van der Waals surface area contributed by atoms with Gasteiger partial charge in [-0.25, -0.2) is 4.39 Å². The molecular formula is C22H25FN2O2S. The standard InChI is InChI=1S/C22H25FN2O2S/c1-27-21-5-3-2-4-19(21)25-12-10-24(11-13-25)9-8-20(26)18-15-28-22-7-6-16(23)14-17(18)22/h2-7,14-15,20,26H,8-13H2,1H3. The van der Waals surface area contributed by atoms with Gasteiger partial charge in [-0.05, 0) is 47.7 Å². The number of fused-ring (bicyclic) bond motifs is 1. The minimum atomic E-state index is -0.567. The molecule has 1 N–H and O–H groups in total. The first-order chi connectivity index (χ1) is 13.7. The number of hydrogen-bond acceptors (Lipinski definition) is 5. The van der Waals surface area contributed by atoms with Gasteiger partial charge in [-0.2, -0.15) is 0 Å². The van der Waals surface area contributed by atoms with Crippen molar-refractivity contribution in [3.8, 4) is 5.75 Å². The number of thiophene rings is 1. The summed E-state index contributed by atoms with van der Waals surface area (Å²) < 4.78 is 20.1. The van der Waals surface area contributed by atoms with Gasteiger partial charge in [0.05, 0.1) is 18.9 Å². The summed E-state index contributed by atoms with van der Waals surface area (Å²) in [5.41, 5.74) is 1.98. The normalized spacial score (nSPS) is 16.5. The molecule has 1 unspecified atom stereocenters. The van der Waals surface area contributed by atoms with Crippen LogP contribution in [-0.2, 0) is 0 Å². The van der Waals surface area contributed by atoms with Gasteiger partial charge in [-0.15, -0.1) is 11.3 Å². The van der Waals surface area contributed by atoms with Crippen LogP contribution < -0.4 is 9.64 Å². The number of nitrogens with zero attached hydrogens (tertiary/aromatic N) is 2. The molecular weight excluding hydrogens is 375 g/mol. The fourth-order valence-electron chi connectivity index (χ4n) is 3.84. The number of rotatable bonds is 6. The van der Waals surface area contributed by atoms with E-state index in [0.717, 1.165) is 59.8 Å². The number of methoxy groups -OCH3 is 1. The summed E-state index contributed by atoms with van der Waals surface area (Å²) in [6.07, 6.45) is 0.0830. The van der Waals surface area contributed by atoms with Crippen molar-refractivity contribution in [2.24, 2.45) is 0 Å². The molecule has 2 aromatic carbocycles. The van der Waals surface area contributed by atoms with Crippen LogP contribution >= 0.6 is 11.3 Å². The van der Waals surface area contributed by atoms with Gasteiger partial charge in [-0.1, -0.05) is 12.1 Å². The predicted octanol–water partition coefficient (Wildman–Crippen LogP) is 4.29. The molecule has 1 saturated heterocycles. The van der Waals surface area contributed by atoms with E-state index in [1.165, 1.54) is 12.1 Å². The van der Waals surface area contributed by atoms with Crippen LogP contribution in [0.3, 0.4) is 0 Å². The van der Waals surface area contributed by atoms with Gasteiger partial charge in [0.25, 0.3) is 0 Å². The molecule has 1 aromatic heterocycles. The number of para-hydroxylation sites is 2. The Kier molecular flexibility index (Phi) is 5.80. The van der Waals surface area contributed by atoms with E-state index in [1.54, 1.807) is 24.5 Å². The van der Waals surface area contributed by atoms with Gasteiger partial charge in [0.15, 0.2) is 0 Å². The third kappa shape index (κ3) is 3.99. The summed E-state index contributed by atoms with van der Waals surface area (Å²) in [4.78, 5) is 4.73. The Bertz CT molecular complexity index is 937. The number of anilines is 1. The van der Waals surface area contributed by atoms with Crippen LogP contribution in [0.2, 0.25) is 0 Å². The highest BCUT2D eigenvalue weighted by Gasteiger charge is 2.21. The maximum Gasteiger partial charge on any atom is 0.142 e. The molecule has 1 atom stereocenters. The number of halogens is 1. The molecule has 2 heterocycles. The molecule has 6 heteroatoms. The lowest BCUT2D eigenvalue weighted by molar-refractivity contribution is 0.141. The number of hydrogen-bond donors (Lipinski definition) is 1. The van der Waals surface area contributed by atoms with E-state index in [1.807, 2.05) is 23.6 Å². The van der Waals surface area contributed by atoms with Crippen molar-refractivity contribution >= 4 is 27.1 Å². The van der Waals surface area contributed by atoms with Crippen LogP contribution in [0.4, 0.5) is 10.1 Å². The Labute approximate surface area is 168 Å². The monoisotopic (exact) mass is 400 g/mol. The zero-order valence-corrected chi connectivity index (χ0v) is 16.8. The molecule has 3 aromatic rings. The summed E-state index contributed by atoms with van der Waals surface area (Å²) in [5, 5.41) is 13.4. The van der Waals surface area contributed by atoms with Crippen molar-refractivity contribution in [2.45, 2.75) is 12.5 Å². The average Bonchev–Trinajstić information content (AvgIpc) is 3.15. The van der Waals surface area contributed by atoms with Crippen molar-refractivity contribution in [1.82, 2.24) is 4.90 Å². The minimum absolute atomic E-state index is 0.258. The third-order valence-corrected chi connectivity index (χ3v) is 6.42. The van der Waals surface area contributed by atoms with Crippen molar-refractivity contribution in [3.05, 3.63) is 59.2 Å². The SMILES string of the molecule is COc1ccccc1N1CCN(CCC(O)c2csc3ccc(F)cc23)CC1. The van der Waals surface area contributed by atoms with Gasteiger partial charge in [0.1, 0.15) is 11.6 Å². The van der Waals surface area contributed by atoms with E-state index >= 15 is 0 Å². The predicted molar refractivity (Wildman–Crippen MR) is 113 cm³/mol. The molecule has 0 aliphatic carbocycles. The molecule has 0 saturated carbocycles. The van der Waals surface area contributed by atoms with Crippen LogP contribution in [0.25, 0.3) is 10.1 Å². The highest BCUT2D eigenvalue weighted by molar-refractivity contribution is 7.17. The summed E-state index contributed by atoms with van der Waals surface area (Å²) >= 11 is 1.55. The number of piperazine rings is 1. The molecule has 4 nitrogen and oxygen atoms in total. The summed E-state index contributed by atoms with van der Waals surface area (Å²) in [6, 6.07) is 12.9. The van der Waals surface area contributed by atoms with Gasteiger partial charge >= 0.3 is 0 Å². The van der Waals surface area contributed by atoms with E-state index in [9.17, 15) is 9.50 Å². The molecule has 4 rings (SSSR count). The Morgan fingerprint density at radius 3 is 2.71 bits per heavy atom. The molecule has 1 aliphatic heterocycles. The van der Waals surface area contributed by atoms with Gasteiger partial charge in [0, 0.05) is 42.8 Å². The van der Waals surface area contributed by atoms with E-state index < -0.39 is 6.10 Å². The lowest BCUT2D eigenvalue weighted by Gasteiger charge is -2.36. The molecule has 1 fully saturated rings. The maximum atomic E-state index is 13.6. The lowest BCUT2D eigenvalue weighted by atomic mass is 10.0. The highest BCUT2D eigenvalue weighted by atomic mass is 32.1. The minimum Gasteiger partial charge on any atom is -0.495 e. The average molecular weight is 401 g/mol. The fourth-order valence-corrected chi connectivity index (χ4v) is 4.83. The van der Waals surface area contributed by atoms with Crippen molar-refractivity contribution < 1.29 is 14.2 Å². The van der Waals surface area contributed by atoms with Crippen LogP contribution in [0.5, 0.6) is 5.75 Å². The zero-order chi connectivity index (χ0) is 19.5. The van der Waals surface area contributed by atoms with Crippen molar-refractivity contribution in [1.29, 1.82) is 0 Å². The smallest absolute Gasteiger partial charge is 0.142 e. The quantitative estimate of drug-likeness (QED) is 0.669. The topological polar surface area (TPSA) is 35.9 Å². The Balaban J connectivity index is 1.33. The zero-order valence-electron chi connectivity index (χ0n) is 16.0. The fraction of sp³-hybridized carbons (Fsp3) is 0.364. The van der Waals surface area contributed by atoms with Crippen LogP contribution in [0, 0.1) is 5.82 Å². The van der Waals surface area contributed by atoms with Crippen molar-refractivity contribution in [3.63, 3.8) is 0 Å². The second-order valence-corrected chi connectivity index (χ2v) is 8.05. The lowest BCUT2D eigenvalue weighted by Crippen LogP contribution is -2.46. The third-order valence-electron chi connectivity index (χ3n) is 5.44. The van der Waals surface area contributed by atoms with Crippen LogP contribution in [0.1, 0.15) is 18.1 Å². The van der Waals surface area contributed by atoms with Gasteiger partial charge in [-0.3, -0.25) is 4.90 Å². The Hall–Kier alpha value is -2.15. The number of aliphatic hydroxyl groups excluding tert-OH is 1. The molecule has 0 amide bonds. The molecule has 1 aliphatic rings. The largest absolute Gasteiger partial charge is 0.495 e. The van der Waals surface area contributed by atoms with Crippen LogP contribution in [0.15, 0.2) is 47.8 Å². The second kappa shape index (κ2) is 8.47. The first-order valence-corrected chi connectivity index (χ1v) is 10.5. The first kappa shape index (κ1) is 19.2. The summed E-state index contributed by atoms with van der Waals surface area (Å²) in [5.74, 6) is 0.648. The van der Waals surface area contributed by atoms with Crippen molar-refractivity contribution in [2.75, 3.05) is 44.7 Å². The van der Waals surface area contributed by atoms with E-state index in [-0.39, 0.29) is 5.82 Å². The Morgan fingerprint density at radius 1 is 1.14 bits per heavy atom. The Morgan fingerprint density at radius 2 is 1.93 bits per heavy atom.